The van der Waals surface area contributed by atoms with E-state index in [4.69, 9.17) is 16.3 Å². The van der Waals surface area contributed by atoms with Crippen molar-refractivity contribution in [3.8, 4) is 17.4 Å². The quantitative estimate of drug-likeness (QED) is 0.724. The van der Waals surface area contributed by atoms with Crippen molar-refractivity contribution in [1.82, 2.24) is 19.7 Å². The highest BCUT2D eigenvalue weighted by molar-refractivity contribution is 6.34. The van der Waals surface area contributed by atoms with Crippen molar-refractivity contribution >= 4 is 23.3 Å². The number of carbonyl (C=O) groups excluding carboxylic acids is 1. The third kappa shape index (κ3) is 2.80. The molecule has 1 N–H and O–H groups in total. The number of aromatic nitrogens is 4. The molecule has 0 saturated carbocycles. The Morgan fingerprint density at radius 2 is 2.07 bits per heavy atom. The standard InChI is InChI=1S/C19H17ClFN5O2/c1-19(2)11-8-22-16(23-15(11)24-18(19)27)14-13(20)17(28-3)26(25-14)9-10-6-4-5-7-12(10)21/h4-8H,9H2,1-3H3,(H,22,23,24,27). The molecule has 1 aromatic carbocycles. The van der Waals surface area contributed by atoms with Crippen LogP contribution in [0.3, 0.4) is 0 Å². The van der Waals surface area contributed by atoms with E-state index >= 15 is 0 Å². The molecule has 2 aromatic heterocycles. The summed E-state index contributed by atoms with van der Waals surface area (Å²) in [6, 6.07) is 6.39. The number of nitrogens with one attached hydrogen (secondary N) is 1. The second-order valence-electron chi connectivity index (χ2n) is 6.96. The molecule has 3 heterocycles. The SMILES string of the molecule is COc1c(Cl)c(-c2ncc3c(n2)NC(=O)C3(C)C)nn1Cc1ccccc1F. The van der Waals surface area contributed by atoms with Gasteiger partial charge in [-0.15, -0.1) is 0 Å². The van der Waals surface area contributed by atoms with Crippen molar-refractivity contribution in [2.24, 2.45) is 0 Å². The van der Waals surface area contributed by atoms with Crippen molar-refractivity contribution in [2.45, 2.75) is 25.8 Å². The van der Waals surface area contributed by atoms with Crippen LogP contribution >= 0.6 is 11.6 Å². The molecule has 28 heavy (non-hydrogen) atoms. The minimum absolute atomic E-state index is 0.129. The number of methoxy groups -OCH3 is 1. The lowest BCUT2D eigenvalue weighted by atomic mass is 9.88. The number of fused-ring (bicyclic) bond motifs is 1. The number of hydrogen-bond acceptors (Lipinski definition) is 5. The molecular formula is C19H17ClFN5O2. The number of rotatable bonds is 4. The normalized spacial score (nSPS) is 14.7. The summed E-state index contributed by atoms with van der Waals surface area (Å²) in [5, 5.41) is 7.39. The van der Waals surface area contributed by atoms with Crippen LogP contribution in [-0.2, 0) is 16.8 Å². The first-order valence-electron chi connectivity index (χ1n) is 8.56. The van der Waals surface area contributed by atoms with Crippen LogP contribution in [0.25, 0.3) is 11.5 Å². The largest absolute Gasteiger partial charge is 0.480 e. The summed E-state index contributed by atoms with van der Waals surface area (Å²) < 4.78 is 20.8. The van der Waals surface area contributed by atoms with Crippen molar-refractivity contribution in [3.63, 3.8) is 0 Å². The fourth-order valence-electron chi connectivity index (χ4n) is 3.09. The number of hydrogen-bond donors (Lipinski definition) is 1. The third-order valence-corrected chi connectivity index (χ3v) is 5.14. The van der Waals surface area contributed by atoms with Gasteiger partial charge in [-0.3, -0.25) is 4.79 Å². The number of halogens is 2. The van der Waals surface area contributed by atoms with Gasteiger partial charge >= 0.3 is 0 Å². The summed E-state index contributed by atoms with van der Waals surface area (Å²) in [5.41, 5.74) is 0.724. The number of carbonyl (C=O) groups is 1. The van der Waals surface area contributed by atoms with Gasteiger partial charge < -0.3 is 10.1 Å². The first-order chi connectivity index (χ1) is 13.3. The summed E-state index contributed by atoms with van der Waals surface area (Å²) in [6.07, 6.45) is 1.59. The van der Waals surface area contributed by atoms with E-state index in [-0.39, 0.29) is 40.7 Å². The molecule has 144 valence electrons. The fraction of sp³-hybridized carbons (Fsp3) is 0.263. The van der Waals surface area contributed by atoms with Gasteiger partial charge in [0, 0.05) is 17.3 Å². The maximum Gasteiger partial charge on any atom is 0.235 e. The minimum atomic E-state index is -0.709. The molecule has 1 aliphatic rings. The first kappa shape index (κ1) is 18.4. The maximum atomic E-state index is 14.0. The van der Waals surface area contributed by atoms with Gasteiger partial charge in [-0.1, -0.05) is 29.8 Å². The lowest BCUT2D eigenvalue weighted by molar-refractivity contribution is -0.119. The highest BCUT2D eigenvalue weighted by Crippen LogP contribution is 2.38. The van der Waals surface area contributed by atoms with E-state index in [1.54, 1.807) is 38.2 Å². The summed E-state index contributed by atoms with van der Waals surface area (Å²) in [6.45, 7) is 3.73. The van der Waals surface area contributed by atoms with Crippen LogP contribution in [0.2, 0.25) is 5.02 Å². The van der Waals surface area contributed by atoms with E-state index in [0.717, 1.165) is 0 Å². The average molecular weight is 402 g/mol. The molecule has 1 amide bonds. The van der Waals surface area contributed by atoms with Gasteiger partial charge in [0.25, 0.3) is 0 Å². The molecule has 0 unspecified atom stereocenters. The van der Waals surface area contributed by atoms with Gasteiger partial charge in [0.1, 0.15) is 16.7 Å². The van der Waals surface area contributed by atoms with Crippen molar-refractivity contribution in [3.05, 3.63) is 52.4 Å². The number of ether oxygens (including phenoxy) is 1. The summed E-state index contributed by atoms with van der Waals surface area (Å²) in [7, 11) is 1.46. The molecule has 1 aliphatic heterocycles. The average Bonchev–Trinajstić information content (AvgIpc) is 3.09. The molecule has 0 saturated heterocycles. The van der Waals surface area contributed by atoms with Crippen LogP contribution in [0, 0.1) is 5.82 Å². The van der Waals surface area contributed by atoms with Gasteiger partial charge in [-0.2, -0.15) is 5.10 Å². The molecule has 0 bridgehead atoms. The molecule has 4 rings (SSSR count). The number of amides is 1. The molecule has 7 nitrogen and oxygen atoms in total. The zero-order valence-corrected chi connectivity index (χ0v) is 16.2. The molecule has 0 fully saturated rings. The molecule has 0 spiro atoms. The second kappa shape index (κ2) is 6.56. The van der Waals surface area contributed by atoms with E-state index in [9.17, 15) is 9.18 Å². The van der Waals surface area contributed by atoms with Crippen LogP contribution in [0.1, 0.15) is 25.0 Å². The molecular weight excluding hydrogens is 385 g/mol. The Labute approximate surface area is 165 Å². The van der Waals surface area contributed by atoms with Crippen LogP contribution in [-0.4, -0.2) is 32.8 Å². The van der Waals surface area contributed by atoms with E-state index < -0.39 is 5.41 Å². The van der Waals surface area contributed by atoms with E-state index in [1.165, 1.54) is 17.9 Å². The topological polar surface area (TPSA) is 81.9 Å². The second-order valence-corrected chi connectivity index (χ2v) is 7.33. The zero-order chi connectivity index (χ0) is 20.1. The van der Waals surface area contributed by atoms with Crippen molar-refractivity contribution in [1.29, 1.82) is 0 Å². The van der Waals surface area contributed by atoms with E-state index in [2.05, 4.69) is 20.4 Å². The van der Waals surface area contributed by atoms with Gasteiger partial charge in [0.15, 0.2) is 11.5 Å². The number of benzene rings is 1. The molecule has 0 aliphatic carbocycles. The van der Waals surface area contributed by atoms with E-state index in [0.29, 0.717) is 16.9 Å². The number of anilines is 1. The molecule has 3 aromatic rings. The Bertz CT molecular complexity index is 1100. The van der Waals surface area contributed by atoms with Crippen LogP contribution in [0.4, 0.5) is 10.2 Å². The highest BCUT2D eigenvalue weighted by Gasteiger charge is 2.40. The van der Waals surface area contributed by atoms with Crippen molar-refractivity contribution in [2.75, 3.05) is 12.4 Å². The summed E-state index contributed by atoms with van der Waals surface area (Å²) in [4.78, 5) is 20.9. The fourth-order valence-corrected chi connectivity index (χ4v) is 3.39. The smallest absolute Gasteiger partial charge is 0.235 e. The summed E-state index contributed by atoms with van der Waals surface area (Å²) >= 11 is 6.44. The lowest BCUT2D eigenvalue weighted by Crippen LogP contribution is -2.26. The monoisotopic (exact) mass is 401 g/mol. The van der Waals surface area contributed by atoms with Gasteiger partial charge in [0.2, 0.25) is 11.8 Å². The molecule has 0 atom stereocenters. The Morgan fingerprint density at radius 3 is 2.79 bits per heavy atom. The predicted octanol–water partition coefficient (Wildman–Crippen LogP) is 3.42. The Morgan fingerprint density at radius 1 is 1.32 bits per heavy atom. The predicted molar refractivity (Wildman–Crippen MR) is 102 cm³/mol. The third-order valence-electron chi connectivity index (χ3n) is 4.80. The van der Waals surface area contributed by atoms with Crippen LogP contribution < -0.4 is 10.1 Å². The summed E-state index contributed by atoms with van der Waals surface area (Å²) in [5.74, 6) is 0.443. The highest BCUT2D eigenvalue weighted by atomic mass is 35.5. The lowest BCUT2D eigenvalue weighted by Gasteiger charge is -2.13. The van der Waals surface area contributed by atoms with Crippen molar-refractivity contribution < 1.29 is 13.9 Å². The molecule has 0 radical (unpaired) electrons. The maximum absolute atomic E-state index is 14.0. The number of nitrogens with zero attached hydrogens (tertiary/aromatic N) is 4. The van der Waals surface area contributed by atoms with Gasteiger partial charge in [-0.05, 0) is 19.9 Å². The zero-order valence-electron chi connectivity index (χ0n) is 15.5. The van der Waals surface area contributed by atoms with Gasteiger partial charge in [-0.25, -0.2) is 19.0 Å². The molecule has 9 heteroatoms. The Balaban J connectivity index is 1.76. The van der Waals surface area contributed by atoms with Gasteiger partial charge in [0.05, 0.1) is 19.1 Å². The first-order valence-corrected chi connectivity index (χ1v) is 8.93. The van der Waals surface area contributed by atoms with Crippen LogP contribution in [0.5, 0.6) is 5.88 Å². The van der Waals surface area contributed by atoms with Crippen LogP contribution in [0.15, 0.2) is 30.5 Å². The minimum Gasteiger partial charge on any atom is -0.480 e. The Kier molecular flexibility index (Phi) is 4.30. The van der Waals surface area contributed by atoms with E-state index in [1.807, 2.05) is 0 Å². The Hall–Kier alpha value is -3.00.